The van der Waals surface area contributed by atoms with Gasteiger partial charge in [0.2, 0.25) is 0 Å². The number of fused-ring (bicyclic) bond motifs is 1. The Morgan fingerprint density at radius 2 is 1.90 bits per heavy atom. The van der Waals surface area contributed by atoms with Gasteiger partial charge in [-0.05, 0) is 62.5 Å². The predicted molar refractivity (Wildman–Crippen MR) is 88.6 cm³/mol. The van der Waals surface area contributed by atoms with E-state index in [-0.39, 0.29) is 0 Å². The molecule has 0 amide bonds. The topological polar surface area (TPSA) is 30.7 Å². The van der Waals surface area contributed by atoms with Crippen molar-refractivity contribution >= 4 is 54.6 Å². The molecule has 0 fully saturated rings. The lowest BCUT2D eigenvalue weighted by Gasteiger charge is -2.11. The third kappa shape index (κ3) is 2.18. The van der Waals surface area contributed by atoms with E-state index in [2.05, 4.69) is 41.8 Å². The van der Waals surface area contributed by atoms with E-state index < -0.39 is 0 Å². The molecular formula is C14H10Br2ClN3. The van der Waals surface area contributed by atoms with Crippen molar-refractivity contribution in [2.24, 2.45) is 0 Å². The van der Waals surface area contributed by atoms with E-state index in [1.807, 2.05) is 35.8 Å². The van der Waals surface area contributed by atoms with Crippen LogP contribution in [0.3, 0.4) is 0 Å². The maximum atomic E-state index is 6.07. The summed E-state index contributed by atoms with van der Waals surface area (Å²) in [4.78, 5) is 9.09. The van der Waals surface area contributed by atoms with Crippen LogP contribution in [0.25, 0.3) is 16.9 Å². The number of nitrogens with zero attached hydrogens (tertiary/aromatic N) is 3. The number of aromatic nitrogens is 3. The van der Waals surface area contributed by atoms with Gasteiger partial charge in [0.1, 0.15) is 11.3 Å². The number of alkyl halides is 1. The lowest BCUT2D eigenvalue weighted by atomic mass is 10.2. The maximum absolute atomic E-state index is 6.07. The second-order valence-corrected chi connectivity index (χ2v) is 6.34. The van der Waals surface area contributed by atoms with Crippen LogP contribution in [-0.2, 0) is 5.88 Å². The van der Waals surface area contributed by atoms with E-state index in [9.17, 15) is 0 Å². The highest BCUT2D eigenvalue weighted by atomic mass is 79.9. The second kappa shape index (κ2) is 5.47. The SMILES string of the molecule is Cc1ccnc2c1nc(CCl)n2-c1c(Br)cccc1Br. The van der Waals surface area contributed by atoms with Crippen LogP contribution in [-0.4, -0.2) is 14.5 Å². The Morgan fingerprint density at radius 3 is 2.55 bits per heavy atom. The third-order valence-electron chi connectivity index (χ3n) is 3.10. The van der Waals surface area contributed by atoms with E-state index in [4.69, 9.17) is 11.6 Å². The summed E-state index contributed by atoms with van der Waals surface area (Å²) in [5.74, 6) is 1.10. The van der Waals surface area contributed by atoms with Crippen LogP contribution < -0.4 is 0 Å². The van der Waals surface area contributed by atoms with Gasteiger partial charge in [0.25, 0.3) is 0 Å². The molecule has 0 radical (unpaired) electrons. The summed E-state index contributed by atoms with van der Waals surface area (Å²) >= 11 is 13.2. The molecule has 1 aromatic carbocycles. The molecule has 2 aromatic heterocycles. The average molecular weight is 416 g/mol. The van der Waals surface area contributed by atoms with Crippen molar-refractivity contribution in [3.63, 3.8) is 0 Å². The number of aryl methyl sites for hydroxylation is 1. The molecule has 3 aromatic rings. The molecule has 0 saturated carbocycles. The molecule has 0 atom stereocenters. The van der Waals surface area contributed by atoms with E-state index in [1.54, 1.807) is 6.20 Å². The molecule has 0 aliphatic heterocycles. The minimum Gasteiger partial charge on any atom is -0.277 e. The Bertz CT molecular complexity index is 778. The molecular weight excluding hydrogens is 405 g/mol. The van der Waals surface area contributed by atoms with E-state index in [1.165, 1.54) is 0 Å². The van der Waals surface area contributed by atoms with E-state index in [0.29, 0.717) is 5.88 Å². The fourth-order valence-corrected chi connectivity index (χ4v) is 3.70. The molecule has 3 nitrogen and oxygen atoms in total. The zero-order valence-electron chi connectivity index (χ0n) is 10.6. The van der Waals surface area contributed by atoms with Gasteiger partial charge < -0.3 is 0 Å². The fraction of sp³-hybridized carbons (Fsp3) is 0.143. The Kier molecular flexibility index (Phi) is 3.84. The Morgan fingerprint density at radius 1 is 1.20 bits per heavy atom. The number of halogens is 3. The van der Waals surface area contributed by atoms with E-state index in [0.717, 1.165) is 37.2 Å². The summed E-state index contributed by atoms with van der Waals surface area (Å²) in [7, 11) is 0. The fourth-order valence-electron chi connectivity index (χ4n) is 2.17. The highest BCUT2D eigenvalue weighted by Crippen LogP contribution is 2.33. The molecule has 102 valence electrons. The summed E-state index contributed by atoms with van der Waals surface area (Å²) in [6.07, 6.45) is 1.79. The smallest absolute Gasteiger partial charge is 0.165 e. The minimum atomic E-state index is 0.323. The van der Waals surface area contributed by atoms with Crippen LogP contribution in [0.2, 0.25) is 0 Å². The first kappa shape index (κ1) is 14.0. The van der Waals surface area contributed by atoms with E-state index >= 15 is 0 Å². The van der Waals surface area contributed by atoms with Crippen molar-refractivity contribution in [3.8, 4) is 5.69 Å². The van der Waals surface area contributed by atoms with Crippen LogP contribution in [0.1, 0.15) is 11.4 Å². The minimum absolute atomic E-state index is 0.323. The van der Waals surface area contributed by atoms with Gasteiger partial charge in [-0.2, -0.15) is 0 Å². The van der Waals surface area contributed by atoms with Gasteiger partial charge in [-0.15, -0.1) is 11.6 Å². The van der Waals surface area contributed by atoms with Crippen LogP contribution in [0, 0.1) is 6.92 Å². The van der Waals surface area contributed by atoms with Gasteiger partial charge in [0, 0.05) is 15.1 Å². The van der Waals surface area contributed by atoms with Crippen LogP contribution >= 0.6 is 43.5 Å². The molecule has 2 heterocycles. The van der Waals surface area contributed by atoms with Gasteiger partial charge in [0.05, 0.1) is 11.6 Å². The molecule has 6 heteroatoms. The predicted octanol–water partition coefficient (Wildman–Crippen LogP) is 4.99. The molecule has 20 heavy (non-hydrogen) atoms. The summed E-state index contributed by atoms with van der Waals surface area (Å²) in [5.41, 5.74) is 3.74. The van der Waals surface area contributed by atoms with Crippen molar-refractivity contribution < 1.29 is 0 Å². The van der Waals surface area contributed by atoms with Crippen molar-refractivity contribution in [1.82, 2.24) is 14.5 Å². The first-order valence-electron chi connectivity index (χ1n) is 5.96. The second-order valence-electron chi connectivity index (χ2n) is 4.37. The standard InChI is InChI=1S/C14H10Br2ClN3/c1-8-5-6-18-14-12(8)19-11(7-17)20(14)13-9(15)3-2-4-10(13)16/h2-6H,7H2,1H3. The molecule has 0 bridgehead atoms. The highest BCUT2D eigenvalue weighted by molar-refractivity contribution is 9.11. The van der Waals surface area contributed by atoms with Gasteiger partial charge in [-0.3, -0.25) is 4.57 Å². The number of imidazole rings is 1. The normalized spacial score (nSPS) is 11.2. The largest absolute Gasteiger partial charge is 0.277 e. The number of pyridine rings is 1. The average Bonchev–Trinajstić information content (AvgIpc) is 2.79. The summed E-state index contributed by atoms with van der Waals surface area (Å²) in [6.45, 7) is 2.02. The molecule has 0 aliphatic rings. The summed E-state index contributed by atoms with van der Waals surface area (Å²) in [6, 6.07) is 7.89. The van der Waals surface area contributed by atoms with Crippen molar-refractivity contribution in [3.05, 3.63) is 50.8 Å². The Balaban J connectivity index is 2.44. The van der Waals surface area contributed by atoms with Gasteiger partial charge in [0.15, 0.2) is 5.65 Å². The molecule has 3 rings (SSSR count). The zero-order valence-corrected chi connectivity index (χ0v) is 14.5. The third-order valence-corrected chi connectivity index (χ3v) is 4.62. The molecule has 0 aliphatic carbocycles. The van der Waals surface area contributed by atoms with Crippen molar-refractivity contribution in [1.29, 1.82) is 0 Å². The molecule has 0 unspecified atom stereocenters. The first-order valence-corrected chi connectivity index (χ1v) is 8.09. The van der Waals surface area contributed by atoms with Crippen molar-refractivity contribution in [2.45, 2.75) is 12.8 Å². The van der Waals surface area contributed by atoms with Gasteiger partial charge in [-0.25, -0.2) is 9.97 Å². The lowest BCUT2D eigenvalue weighted by Crippen LogP contribution is -2.02. The van der Waals surface area contributed by atoms with Crippen molar-refractivity contribution in [2.75, 3.05) is 0 Å². The number of hydrogen-bond donors (Lipinski definition) is 0. The van der Waals surface area contributed by atoms with Crippen LogP contribution in [0.5, 0.6) is 0 Å². The highest BCUT2D eigenvalue weighted by Gasteiger charge is 2.18. The first-order chi connectivity index (χ1) is 9.63. The molecule has 0 N–H and O–H groups in total. The van der Waals surface area contributed by atoms with Crippen LogP contribution in [0.4, 0.5) is 0 Å². The summed E-state index contributed by atoms with van der Waals surface area (Å²) in [5, 5.41) is 0. The number of hydrogen-bond acceptors (Lipinski definition) is 2. The van der Waals surface area contributed by atoms with Crippen LogP contribution in [0.15, 0.2) is 39.4 Å². The quantitative estimate of drug-likeness (QED) is 0.552. The Hall–Kier alpha value is -0.910. The number of para-hydroxylation sites is 1. The molecule has 0 spiro atoms. The number of rotatable bonds is 2. The lowest BCUT2D eigenvalue weighted by molar-refractivity contribution is 0.960. The summed E-state index contributed by atoms with van der Waals surface area (Å²) < 4.78 is 3.91. The maximum Gasteiger partial charge on any atom is 0.165 e. The molecule has 0 saturated heterocycles. The van der Waals surface area contributed by atoms with Gasteiger partial charge in [-0.1, -0.05) is 6.07 Å². The zero-order chi connectivity index (χ0) is 14.3. The monoisotopic (exact) mass is 413 g/mol. The Labute approximate surface area is 138 Å². The number of benzene rings is 1. The van der Waals surface area contributed by atoms with Gasteiger partial charge >= 0.3 is 0 Å².